The maximum Gasteiger partial charge on any atom is 0.131 e. The average molecular weight is 338 g/mol. The van der Waals surface area contributed by atoms with E-state index in [9.17, 15) is 0 Å². The molecule has 0 radical (unpaired) electrons. The molecule has 0 spiro atoms. The molecular formula is C17H24ClN3O2. The first-order valence-electron chi connectivity index (χ1n) is 8.50. The van der Waals surface area contributed by atoms with Gasteiger partial charge in [-0.25, -0.2) is 4.98 Å². The number of rotatable bonds is 4. The van der Waals surface area contributed by atoms with E-state index in [0.717, 1.165) is 45.2 Å². The number of pyridine rings is 1. The molecule has 3 fully saturated rings. The second-order valence-corrected chi connectivity index (χ2v) is 7.23. The molecule has 3 aliphatic rings. The molecule has 0 aliphatic carbocycles. The van der Waals surface area contributed by atoms with Crippen molar-refractivity contribution in [2.45, 2.75) is 30.9 Å². The van der Waals surface area contributed by atoms with Crippen LogP contribution in [0.25, 0.3) is 0 Å². The smallest absolute Gasteiger partial charge is 0.131 e. The molecule has 3 aliphatic heterocycles. The second-order valence-electron chi connectivity index (χ2n) is 6.85. The minimum atomic E-state index is 0.326. The lowest BCUT2D eigenvalue weighted by molar-refractivity contribution is -0.0712. The van der Waals surface area contributed by atoms with Gasteiger partial charge >= 0.3 is 0 Å². The van der Waals surface area contributed by atoms with Crippen LogP contribution in [0.3, 0.4) is 0 Å². The number of methoxy groups -OCH3 is 1. The number of halogens is 1. The predicted octanol–water partition coefficient (Wildman–Crippen LogP) is 2.15. The normalized spacial score (nSPS) is 24.5. The summed E-state index contributed by atoms with van der Waals surface area (Å²) in [6.45, 7) is 5.94. The van der Waals surface area contributed by atoms with E-state index in [1.807, 2.05) is 6.07 Å². The van der Waals surface area contributed by atoms with Crippen molar-refractivity contribution in [2.24, 2.45) is 0 Å². The van der Waals surface area contributed by atoms with Gasteiger partial charge in [0.2, 0.25) is 0 Å². The van der Waals surface area contributed by atoms with Crippen LogP contribution in [0, 0.1) is 0 Å². The Morgan fingerprint density at radius 3 is 2.57 bits per heavy atom. The van der Waals surface area contributed by atoms with Crippen LogP contribution in [-0.2, 0) is 9.47 Å². The van der Waals surface area contributed by atoms with Crippen molar-refractivity contribution < 1.29 is 9.47 Å². The van der Waals surface area contributed by atoms with Crippen LogP contribution in [0.4, 0.5) is 5.82 Å². The van der Waals surface area contributed by atoms with Crippen LogP contribution in [0.5, 0.6) is 0 Å². The first-order chi connectivity index (χ1) is 11.2. The molecule has 1 aromatic heterocycles. The van der Waals surface area contributed by atoms with Crippen molar-refractivity contribution in [1.29, 1.82) is 0 Å². The lowest BCUT2D eigenvalue weighted by atomic mass is 9.89. The van der Waals surface area contributed by atoms with Crippen LogP contribution in [0.15, 0.2) is 12.1 Å². The molecule has 0 bridgehead atoms. The van der Waals surface area contributed by atoms with E-state index in [-0.39, 0.29) is 0 Å². The summed E-state index contributed by atoms with van der Waals surface area (Å²) in [7, 11) is 1.76. The number of likely N-dealkylation sites (tertiary alicyclic amines) is 1. The highest BCUT2D eigenvalue weighted by Gasteiger charge is 2.31. The SMILES string of the molecule is COC1CN(c2cc(C3CCN(C4COC4)CC3)cc(Cl)n2)C1. The number of nitrogens with zero attached hydrogens (tertiary/aromatic N) is 3. The van der Waals surface area contributed by atoms with Gasteiger partial charge in [-0.3, -0.25) is 4.90 Å². The Bertz CT molecular complexity index is 553. The number of aromatic nitrogens is 1. The Morgan fingerprint density at radius 2 is 1.96 bits per heavy atom. The maximum atomic E-state index is 6.28. The van der Waals surface area contributed by atoms with Crippen molar-refractivity contribution in [3.05, 3.63) is 22.8 Å². The Morgan fingerprint density at radius 1 is 1.22 bits per heavy atom. The summed E-state index contributed by atoms with van der Waals surface area (Å²) in [5.74, 6) is 1.58. The summed E-state index contributed by atoms with van der Waals surface area (Å²) in [5.41, 5.74) is 1.34. The number of anilines is 1. The first-order valence-corrected chi connectivity index (χ1v) is 8.88. The summed E-state index contributed by atoms with van der Waals surface area (Å²) >= 11 is 6.28. The summed E-state index contributed by atoms with van der Waals surface area (Å²) in [5, 5.41) is 0.605. The van der Waals surface area contributed by atoms with Crippen molar-refractivity contribution in [3.63, 3.8) is 0 Å². The molecule has 0 unspecified atom stereocenters. The van der Waals surface area contributed by atoms with Gasteiger partial charge < -0.3 is 14.4 Å². The quantitative estimate of drug-likeness (QED) is 0.787. The maximum absolute atomic E-state index is 6.28. The van der Waals surface area contributed by atoms with Crippen molar-refractivity contribution in [1.82, 2.24) is 9.88 Å². The molecule has 3 saturated heterocycles. The Hall–Kier alpha value is -0.880. The van der Waals surface area contributed by atoms with Gasteiger partial charge in [-0.1, -0.05) is 11.6 Å². The van der Waals surface area contributed by atoms with E-state index in [4.69, 9.17) is 21.1 Å². The summed E-state index contributed by atoms with van der Waals surface area (Å²) in [6, 6.07) is 4.93. The Balaban J connectivity index is 1.41. The topological polar surface area (TPSA) is 37.8 Å². The number of hydrogen-bond acceptors (Lipinski definition) is 5. The zero-order chi connectivity index (χ0) is 15.8. The minimum absolute atomic E-state index is 0.326. The largest absolute Gasteiger partial charge is 0.378 e. The van der Waals surface area contributed by atoms with E-state index in [0.29, 0.717) is 23.2 Å². The van der Waals surface area contributed by atoms with Crippen LogP contribution >= 0.6 is 11.6 Å². The van der Waals surface area contributed by atoms with Gasteiger partial charge in [0.25, 0.3) is 0 Å². The zero-order valence-corrected chi connectivity index (χ0v) is 14.3. The first kappa shape index (κ1) is 15.6. The van der Waals surface area contributed by atoms with Gasteiger partial charge in [-0.05, 0) is 49.5 Å². The van der Waals surface area contributed by atoms with Gasteiger partial charge in [0.1, 0.15) is 11.0 Å². The lowest BCUT2D eigenvalue weighted by Gasteiger charge is -2.42. The van der Waals surface area contributed by atoms with Gasteiger partial charge in [-0.15, -0.1) is 0 Å². The fraction of sp³-hybridized carbons (Fsp3) is 0.706. The van der Waals surface area contributed by atoms with Gasteiger partial charge in [0.15, 0.2) is 0 Å². The predicted molar refractivity (Wildman–Crippen MR) is 90.4 cm³/mol. The summed E-state index contributed by atoms with van der Waals surface area (Å²) < 4.78 is 10.7. The number of hydrogen-bond donors (Lipinski definition) is 0. The second kappa shape index (κ2) is 6.55. The van der Waals surface area contributed by atoms with Gasteiger partial charge in [-0.2, -0.15) is 0 Å². The molecular weight excluding hydrogens is 314 g/mol. The highest BCUT2D eigenvalue weighted by atomic mass is 35.5. The molecule has 4 heterocycles. The number of piperidine rings is 1. The van der Waals surface area contributed by atoms with E-state index in [1.165, 1.54) is 18.4 Å². The van der Waals surface area contributed by atoms with E-state index >= 15 is 0 Å². The third kappa shape index (κ3) is 3.20. The van der Waals surface area contributed by atoms with Gasteiger partial charge in [0.05, 0.1) is 25.4 Å². The number of ether oxygens (including phenoxy) is 2. The van der Waals surface area contributed by atoms with E-state index < -0.39 is 0 Å². The van der Waals surface area contributed by atoms with Crippen LogP contribution in [0.1, 0.15) is 24.3 Å². The highest BCUT2D eigenvalue weighted by Crippen LogP contribution is 2.33. The molecule has 0 amide bonds. The molecule has 0 atom stereocenters. The monoisotopic (exact) mass is 337 g/mol. The molecule has 6 heteroatoms. The standard InChI is InChI=1S/C17H24ClN3O2/c1-22-15-8-21(9-15)17-7-13(6-16(18)19-17)12-2-4-20(5-3-12)14-10-23-11-14/h6-7,12,14-15H,2-5,8-11H2,1H3. The summed E-state index contributed by atoms with van der Waals surface area (Å²) in [4.78, 5) is 9.31. The Labute approximate surface area is 142 Å². The molecule has 0 aromatic carbocycles. The molecule has 4 rings (SSSR count). The van der Waals surface area contributed by atoms with E-state index in [2.05, 4.69) is 20.9 Å². The van der Waals surface area contributed by atoms with Crippen molar-refractivity contribution in [3.8, 4) is 0 Å². The highest BCUT2D eigenvalue weighted by molar-refractivity contribution is 6.29. The molecule has 23 heavy (non-hydrogen) atoms. The Kier molecular flexibility index (Phi) is 4.46. The molecule has 1 aromatic rings. The fourth-order valence-corrected chi connectivity index (χ4v) is 3.92. The van der Waals surface area contributed by atoms with Crippen molar-refractivity contribution in [2.75, 3.05) is 51.4 Å². The third-order valence-electron chi connectivity index (χ3n) is 5.45. The lowest BCUT2D eigenvalue weighted by Crippen LogP contribution is -2.52. The fourth-order valence-electron chi connectivity index (χ4n) is 3.71. The van der Waals surface area contributed by atoms with Gasteiger partial charge in [0, 0.05) is 20.2 Å². The minimum Gasteiger partial charge on any atom is -0.378 e. The van der Waals surface area contributed by atoms with Crippen LogP contribution in [0.2, 0.25) is 5.15 Å². The molecule has 0 N–H and O–H groups in total. The molecule has 126 valence electrons. The molecule has 0 saturated carbocycles. The van der Waals surface area contributed by atoms with Crippen LogP contribution < -0.4 is 4.90 Å². The zero-order valence-electron chi connectivity index (χ0n) is 13.6. The van der Waals surface area contributed by atoms with Crippen LogP contribution in [-0.4, -0.2) is 68.5 Å². The van der Waals surface area contributed by atoms with E-state index in [1.54, 1.807) is 7.11 Å². The van der Waals surface area contributed by atoms with Crippen molar-refractivity contribution >= 4 is 17.4 Å². The summed E-state index contributed by atoms with van der Waals surface area (Å²) in [6.07, 6.45) is 2.71. The average Bonchev–Trinajstić information content (AvgIpc) is 2.44. The molecule has 5 nitrogen and oxygen atoms in total. The third-order valence-corrected chi connectivity index (χ3v) is 5.64.